The molecule has 0 spiro atoms. The summed E-state index contributed by atoms with van der Waals surface area (Å²) in [5.41, 5.74) is 2.48. The minimum absolute atomic E-state index is 0.113. The minimum Gasteiger partial charge on any atom is -0.355 e. The maximum atomic E-state index is 13.2. The van der Waals surface area contributed by atoms with E-state index in [4.69, 9.17) is 12.2 Å². The monoisotopic (exact) mass is 521 g/mol. The summed E-state index contributed by atoms with van der Waals surface area (Å²) in [5.74, 6) is 0.664. The number of carbonyl (C=O) groups excluding carboxylic acids is 1. The second-order valence-corrected chi connectivity index (χ2v) is 10.7. The van der Waals surface area contributed by atoms with E-state index in [0.717, 1.165) is 50.5 Å². The summed E-state index contributed by atoms with van der Waals surface area (Å²) in [6, 6.07) is 12.5. The van der Waals surface area contributed by atoms with E-state index in [9.17, 15) is 14.9 Å². The quantitative estimate of drug-likeness (QED) is 0.403. The fraction of sp³-hybridized carbons (Fsp3) is 0.407. The SMILES string of the molecule is CCCN1C(=O)/C(=C\c2c(C)c(C#N)c(=O)n(CC)c2N2CCN(Cc3ccccc3)CC2)SC1=S. The van der Waals surface area contributed by atoms with Gasteiger partial charge in [-0.2, -0.15) is 5.26 Å². The number of thioether (sulfide) groups is 1. The van der Waals surface area contributed by atoms with Crippen LogP contribution in [0.15, 0.2) is 40.0 Å². The molecule has 0 radical (unpaired) electrons. The second-order valence-electron chi connectivity index (χ2n) is 8.98. The van der Waals surface area contributed by atoms with Crippen LogP contribution in [0.1, 0.15) is 42.5 Å². The van der Waals surface area contributed by atoms with Gasteiger partial charge in [0.2, 0.25) is 0 Å². The Balaban J connectivity index is 1.71. The summed E-state index contributed by atoms with van der Waals surface area (Å²) in [6.07, 6.45) is 2.65. The molecule has 0 unspecified atom stereocenters. The van der Waals surface area contributed by atoms with E-state index >= 15 is 0 Å². The standard InChI is InChI=1S/C27H31N5O2S2/c1-4-11-32-26(34)23(36-27(32)35)16-21-19(3)22(17-28)25(33)31(5-2)24(21)30-14-12-29(13-15-30)18-20-9-7-6-8-10-20/h6-10,16H,4-5,11-15,18H2,1-3H3/b23-16+. The average Bonchev–Trinajstić information content (AvgIpc) is 3.14. The molecular weight excluding hydrogens is 490 g/mol. The zero-order valence-electron chi connectivity index (χ0n) is 21.0. The van der Waals surface area contributed by atoms with Crippen molar-refractivity contribution in [1.29, 1.82) is 5.26 Å². The first-order chi connectivity index (χ1) is 17.4. The predicted molar refractivity (Wildman–Crippen MR) is 150 cm³/mol. The maximum absolute atomic E-state index is 13.2. The Bertz CT molecular complexity index is 1290. The molecule has 4 rings (SSSR count). The maximum Gasteiger partial charge on any atom is 0.270 e. The first-order valence-corrected chi connectivity index (χ1v) is 13.6. The van der Waals surface area contributed by atoms with E-state index < -0.39 is 0 Å². The smallest absolute Gasteiger partial charge is 0.270 e. The van der Waals surface area contributed by atoms with Crippen molar-refractivity contribution in [1.82, 2.24) is 14.4 Å². The van der Waals surface area contributed by atoms with Gasteiger partial charge in [-0.05, 0) is 37.5 Å². The van der Waals surface area contributed by atoms with Crippen LogP contribution in [-0.4, -0.2) is 57.3 Å². The Morgan fingerprint density at radius 1 is 1.11 bits per heavy atom. The van der Waals surface area contributed by atoms with Crippen LogP contribution in [0.25, 0.3) is 6.08 Å². The number of anilines is 1. The first-order valence-electron chi connectivity index (χ1n) is 12.3. The van der Waals surface area contributed by atoms with Crippen molar-refractivity contribution in [3.63, 3.8) is 0 Å². The molecule has 0 N–H and O–H groups in total. The first kappa shape index (κ1) is 26.1. The van der Waals surface area contributed by atoms with Gasteiger partial charge >= 0.3 is 0 Å². The highest BCUT2D eigenvalue weighted by Crippen LogP contribution is 2.36. The molecule has 2 aromatic rings. The number of piperazine rings is 1. The van der Waals surface area contributed by atoms with Gasteiger partial charge in [0.15, 0.2) is 0 Å². The van der Waals surface area contributed by atoms with Gasteiger partial charge in [-0.25, -0.2) is 0 Å². The number of nitrogens with zero attached hydrogens (tertiary/aromatic N) is 5. The topological polar surface area (TPSA) is 72.6 Å². The molecule has 1 aromatic carbocycles. The third-order valence-corrected chi connectivity index (χ3v) is 8.06. The van der Waals surface area contributed by atoms with Gasteiger partial charge in [-0.15, -0.1) is 0 Å². The molecule has 2 saturated heterocycles. The number of aromatic nitrogens is 1. The Morgan fingerprint density at radius 3 is 2.42 bits per heavy atom. The molecule has 9 heteroatoms. The Kier molecular flexibility index (Phi) is 8.29. The van der Waals surface area contributed by atoms with E-state index in [1.165, 1.54) is 17.3 Å². The van der Waals surface area contributed by atoms with E-state index in [1.54, 1.807) is 16.4 Å². The average molecular weight is 522 g/mol. The van der Waals surface area contributed by atoms with E-state index in [-0.39, 0.29) is 17.0 Å². The zero-order chi connectivity index (χ0) is 25.8. The van der Waals surface area contributed by atoms with Crippen LogP contribution in [0.4, 0.5) is 5.82 Å². The molecule has 2 fully saturated rings. The van der Waals surface area contributed by atoms with Gasteiger partial charge in [-0.3, -0.25) is 24.0 Å². The van der Waals surface area contributed by atoms with Crippen LogP contribution in [0.5, 0.6) is 0 Å². The lowest BCUT2D eigenvalue weighted by molar-refractivity contribution is -0.122. The fourth-order valence-electron chi connectivity index (χ4n) is 4.79. The molecule has 0 saturated carbocycles. The molecular formula is C27H31N5O2S2. The van der Waals surface area contributed by atoms with Crippen molar-refractivity contribution in [2.75, 3.05) is 37.6 Å². The van der Waals surface area contributed by atoms with Crippen molar-refractivity contribution in [2.45, 2.75) is 40.3 Å². The fourth-order valence-corrected chi connectivity index (χ4v) is 6.08. The van der Waals surface area contributed by atoms with Gasteiger partial charge in [-0.1, -0.05) is 61.2 Å². The number of benzene rings is 1. The number of thiocarbonyl (C=S) groups is 1. The van der Waals surface area contributed by atoms with Crippen LogP contribution >= 0.6 is 24.0 Å². The number of nitriles is 1. The highest BCUT2D eigenvalue weighted by molar-refractivity contribution is 8.26. The number of hydrogen-bond donors (Lipinski definition) is 0. The molecule has 7 nitrogen and oxygen atoms in total. The lowest BCUT2D eigenvalue weighted by Gasteiger charge is -2.38. The summed E-state index contributed by atoms with van der Waals surface area (Å²) in [4.78, 5) is 33.1. The molecule has 2 aliphatic heterocycles. The van der Waals surface area contributed by atoms with Gasteiger partial charge in [0.1, 0.15) is 21.8 Å². The van der Waals surface area contributed by atoms with Gasteiger partial charge in [0.25, 0.3) is 11.5 Å². The summed E-state index contributed by atoms with van der Waals surface area (Å²) in [5, 5.41) is 9.78. The number of hydrogen-bond acceptors (Lipinski definition) is 7. The van der Waals surface area contributed by atoms with E-state index in [0.29, 0.717) is 27.9 Å². The third kappa shape index (κ3) is 5.12. The molecule has 0 atom stereocenters. The molecule has 188 valence electrons. The molecule has 0 bridgehead atoms. The Labute approximate surface area is 222 Å². The molecule has 36 heavy (non-hydrogen) atoms. The molecule has 2 aliphatic rings. The van der Waals surface area contributed by atoms with Crippen molar-refractivity contribution < 1.29 is 4.79 Å². The number of amides is 1. The highest BCUT2D eigenvalue weighted by Gasteiger charge is 2.33. The Hall–Kier alpha value is -2.93. The summed E-state index contributed by atoms with van der Waals surface area (Å²) in [7, 11) is 0. The largest absolute Gasteiger partial charge is 0.355 e. The number of carbonyl (C=O) groups is 1. The molecule has 0 aliphatic carbocycles. The summed E-state index contributed by atoms with van der Waals surface area (Å²) >= 11 is 6.74. The normalized spacial score (nSPS) is 17.8. The van der Waals surface area contributed by atoms with E-state index in [1.807, 2.05) is 26.0 Å². The predicted octanol–water partition coefficient (Wildman–Crippen LogP) is 3.98. The van der Waals surface area contributed by atoms with Crippen molar-refractivity contribution in [3.05, 3.63) is 67.8 Å². The highest BCUT2D eigenvalue weighted by atomic mass is 32.2. The summed E-state index contributed by atoms with van der Waals surface area (Å²) < 4.78 is 2.22. The van der Waals surface area contributed by atoms with Crippen molar-refractivity contribution in [2.24, 2.45) is 0 Å². The third-order valence-electron chi connectivity index (χ3n) is 6.68. The molecule has 1 aromatic heterocycles. The molecule has 3 heterocycles. The lowest BCUT2D eigenvalue weighted by Crippen LogP contribution is -2.48. The zero-order valence-corrected chi connectivity index (χ0v) is 22.6. The minimum atomic E-state index is -0.283. The van der Waals surface area contributed by atoms with Crippen molar-refractivity contribution in [3.8, 4) is 6.07 Å². The van der Waals surface area contributed by atoms with Gasteiger partial charge in [0, 0.05) is 51.4 Å². The van der Waals surface area contributed by atoms with Gasteiger partial charge < -0.3 is 4.90 Å². The molecule has 1 amide bonds. The Morgan fingerprint density at radius 2 is 1.81 bits per heavy atom. The van der Waals surface area contributed by atoms with Crippen LogP contribution in [0.3, 0.4) is 0 Å². The van der Waals surface area contributed by atoms with Crippen LogP contribution in [-0.2, 0) is 17.9 Å². The summed E-state index contributed by atoms with van der Waals surface area (Å²) in [6.45, 7) is 10.8. The number of rotatable bonds is 7. The van der Waals surface area contributed by atoms with Crippen LogP contribution in [0, 0.1) is 18.3 Å². The number of pyridine rings is 1. The second kappa shape index (κ2) is 11.4. The van der Waals surface area contributed by atoms with Crippen LogP contribution in [0.2, 0.25) is 0 Å². The van der Waals surface area contributed by atoms with Crippen molar-refractivity contribution >= 4 is 46.1 Å². The van der Waals surface area contributed by atoms with Crippen LogP contribution < -0.4 is 10.5 Å². The van der Waals surface area contributed by atoms with E-state index in [2.05, 4.69) is 40.1 Å². The van der Waals surface area contributed by atoms with Gasteiger partial charge in [0.05, 0.1) is 4.91 Å². The lowest BCUT2D eigenvalue weighted by atomic mass is 10.0.